The Morgan fingerprint density at radius 1 is 0.677 bits per heavy atom. The van der Waals surface area contributed by atoms with Crippen LogP contribution < -0.4 is 16.7 Å². The van der Waals surface area contributed by atoms with Crippen LogP contribution in [-0.2, 0) is 0 Å². The van der Waals surface area contributed by atoms with Gasteiger partial charge >= 0.3 is 11.2 Å². The Bertz CT molecular complexity index is 1230. The number of pyridine rings is 3. The average molecular weight is 438 g/mol. The summed E-state index contributed by atoms with van der Waals surface area (Å²) in [6, 6.07) is 5.12. The van der Waals surface area contributed by atoms with Gasteiger partial charge in [-0.2, -0.15) is 0 Å². The highest BCUT2D eigenvalue weighted by Gasteiger charge is 2.17. The highest BCUT2D eigenvalue weighted by molar-refractivity contribution is 5.38. The van der Waals surface area contributed by atoms with E-state index in [4.69, 9.17) is 0 Å². The molecular weight excluding hydrogens is 427 g/mol. The number of rotatable bonds is 3. The van der Waals surface area contributed by atoms with E-state index in [0.717, 1.165) is 42.9 Å². The van der Waals surface area contributed by atoms with Crippen LogP contribution in [0.15, 0.2) is 63.3 Å². The van der Waals surface area contributed by atoms with E-state index in [2.05, 4.69) is 9.97 Å². The number of aromatic amines is 3. The fourth-order valence-electron chi connectivity index (χ4n) is 1.61. The first kappa shape index (κ1) is 24.0. The van der Waals surface area contributed by atoms with Gasteiger partial charge in [-0.1, -0.05) is 0 Å². The number of aromatic nitrogens is 3. The normalized spacial score (nSPS) is 9.32. The molecule has 0 aromatic carbocycles. The predicted octanol–water partition coefficient (Wildman–Crippen LogP) is 0.988. The molecule has 3 N–H and O–H groups in total. The zero-order valence-corrected chi connectivity index (χ0v) is 15.0. The Labute approximate surface area is 168 Å². The standard InChI is InChI=1S/C5H4FNO.C5H3N3O5.C5H4N2O3/c6-4-1-2-5(8)7-3-4;9-5-4(8(12)13)1-3(2-6-5)7(10)11;8-5-2-1-4(3-6-5)7(9)10/h1-3H,(H,7,8);1-2H,(H,6,9);1-3H,(H,6,8). The molecule has 3 aromatic rings. The highest BCUT2D eigenvalue weighted by atomic mass is 19.1. The molecule has 15 nitrogen and oxygen atoms in total. The van der Waals surface area contributed by atoms with E-state index in [1.807, 2.05) is 4.98 Å². The van der Waals surface area contributed by atoms with Crippen molar-refractivity contribution in [2.24, 2.45) is 0 Å². The van der Waals surface area contributed by atoms with Crippen LogP contribution >= 0.6 is 0 Å². The van der Waals surface area contributed by atoms with Gasteiger partial charge in [0.2, 0.25) is 11.1 Å². The van der Waals surface area contributed by atoms with E-state index in [9.17, 15) is 49.1 Å². The van der Waals surface area contributed by atoms with Gasteiger partial charge < -0.3 is 15.0 Å². The van der Waals surface area contributed by atoms with Crippen LogP contribution in [0, 0.1) is 36.2 Å². The van der Waals surface area contributed by atoms with Crippen molar-refractivity contribution in [1.29, 1.82) is 0 Å². The zero-order chi connectivity index (χ0) is 23.6. The third-order valence-electron chi connectivity index (χ3n) is 3.00. The van der Waals surface area contributed by atoms with Crippen LogP contribution in [-0.4, -0.2) is 29.7 Å². The molecule has 31 heavy (non-hydrogen) atoms. The minimum atomic E-state index is -0.980. The summed E-state index contributed by atoms with van der Waals surface area (Å²) in [5.41, 5.74) is -3.06. The molecule has 16 heteroatoms. The van der Waals surface area contributed by atoms with Crippen LogP contribution in [0.2, 0.25) is 0 Å². The van der Waals surface area contributed by atoms with Gasteiger partial charge in [-0.3, -0.25) is 44.7 Å². The third-order valence-corrected chi connectivity index (χ3v) is 3.00. The Kier molecular flexibility index (Phi) is 8.60. The van der Waals surface area contributed by atoms with Gasteiger partial charge in [-0.05, 0) is 6.07 Å². The zero-order valence-electron chi connectivity index (χ0n) is 15.0. The second-order valence-electron chi connectivity index (χ2n) is 5.13. The van der Waals surface area contributed by atoms with E-state index in [1.165, 1.54) is 0 Å². The summed E-state index contributed by atoms with van der Waals surface area (Å²) in [7, 11) is 0. The van der Waals surface area contributed by atoms with Crippen LogP contribution in [0.4, 0.5) is 21.5 Å². The minimum absolute atomic E-state index is 0.111. The molecule has 0 aliphatic rings. The van der Waals surface area contributed by atoms with Gasteiger partial charge in [-0.15, -0.1) is 0 Å². The fraction of sp³-hybridized carbons (Fsp3) is 0. The molecule has 0 fully saturated rings. The van der Waals surface area contributed by atoms with Gasteiger partial charge in [0.25, 0.3) is 11.4 Å². The minimum Gasteiger partial charge on any atom is -0.326 e. The number of halogens is 1. The molecule has 0 bridgehead atoms. The summed E-state index contributed by atoms with van der Waals surface area (Å²) in [5, 5.41) is 30.3. The molecule has 0 saturated heterocycles. The Balaban J connectivity index is 0.000000240. The summed E-state index contributed by atoms with van der Waals surface area (Å²) >= 11 is 0. The van der Waals surface area contributed by atoms with Gasteiger partial charge in [0.1, 0.15) is 11.9 Å². The van der Waals surface area contributed by atoms with E-state index in [1.54, 1.807) is 0 Å². The molecule has 162 valence electrons. The maximum Gasteiger partial charge on any atom is 0.340 e. The van der Waals surface area contributed by atoms with Crippen LogP contribution in [0.5, 0.6) is 0 Å². The lowest BCUT2D eigenvalue weighted by Crippen LogP contribution is -2.11. The number of nitro groups is 3. The molecule has 3 aromatic heterocycles. The SMILES string of the molecule is O=c1[nH]cc([N+](=O)[O-])cc1[N+](=O)[O-].O=c1ccc(F)c[nH]1.O=c1ccc([N+](=O)[O-])c[nH]1. The fourth-order valence-corrected chi connectivity index (χ4v) is 1.61. The van der Waals surface area contributed by atoms with Crippen molar-refractivity contribution in [3.05, 3.63) is 116 Å². The third kappa shape index (κ3) is 8.25. The maximum absolute atomic E-state index is 11.9. The lowest BCUT2D eigenvalue weighted by molar-refractivity contribution is -0.395. The van der Waals surface area contributed by atoms with Crippen molar-refractivity contribution in [2.75, 3.05) is 0 Å². The molecular formula is C15H11FN6O9. The molecule has 0 radical (unpaired) electrons. The summed E-state index contributed by atoms with van der Waals surface area (Å²) in [4.78, 5) is 65.4. The van der Waals surface area contributed by atoms with E-state index >= 15 is 0 Å². The topological polar surface area (TPSA) is 228 Å². The van der Waals surface area contributed by atoms with Crippen LogP contribution in [0.1, 0.15) is 0 Å². The van der Waals surface area contributed by atoms with E-state index < -0.39 is 37.5 Å². The summed E-state index contributed by atoms with van der Waals surface area (Å²) < 4.78 is 11.9. The number of hydrogen-bond donors (Lipinski definition) is 3. The lowest BCUT2D eigenvalue weighted by atomic mass is 10.4. The summed E-state index contributed by atoms with van der Waals surface area (Å²) in [6.45, 7) is 0. The Hall–Kier alpha value is -5.02. The van der Waals surface area contributed by atoms with Gasteiger partial charge in [0.15, 0.2) is 0 Å². The van der Waals surface area contributed by atoms with Gasteiger partial charge in [-0.25, -0.2) is 4.39 Å². The average Bonchev–Trinajstić information content (AvgIpc) is 2.71. The number of hydrogen-bond acceptors (Lipinski definition) is 9. The van der Waals surface area contributed by atoms with E-state index in [0.29, 0.717) is 6.07 Å². The first-order chi connectivity index (χ1) is 14.5. The monoisotopic (exact) mass is 438 g/mol. The molecule has 0 spiro atoms. The highest BCUT2D eigenvalue weighted by Crippen LogP contribution is 2.12. The molecule has 3 rings (SSSR count). The lowest BCUT2D eigenvalue weighted by Gasteiger charge is -1.90. The molecule has 0 unspecified atom stereocenters. The predicted molar refractivity (Wildman–Crippen MR) is 101 cm³/mol. The summed E-state index contributed by atoms with van der Waals surface area (Å²) in [5.74, 6) is -0.426. The molecule has 0 aliphatic heterocycles. The van der Waals surface area contributed by atoms with Gasteiger partial charge in [0.05, 0.1) is 27.2 Å². The van der Waals surface area contributed by atoms with Crippen LogP contribution in [0.25, 0.3) is 0 Å². The molecule has 0 aliphatic carbocycles. The van der Waals surface area contributed by atoms with E-state index in [-0.39, 0.29) is 16.8 Å². The smallest absolute Gasteiger partial charge is 0.326 e. The second-order valence-corrected chi connectivity index (χ2v) is 5.13. The molecule has 0 saturated carbocycles. The Morgan fingerprint density at radius 3 is 1.58 bits per heavy atom. The van der Waals surface area contributed by atoms with Crippen molar-refractivity contribution in [1.82, 2.24) is 15.0 Å². The second kappa shape index (κ2) is 11.1. The first-order valence-corrected chi connectivity index (χ1v) is 7.70. The van der Waals surface area contributed by atoms with Crippen molar-refractivity contribution in [3.8, 4) is 0 Å². The van der Waals surface area contributed by atoms with Crippen molar-refractivity contribution in [2.45, 2.75) is 0 Å². The van der Waals surface area contributed by atoms with Crippen molar-refractivity contribution < 1.29 is 19.2 Å². The molecule has 0 atom stereocenters. The molecule has 3 heterocycles. The quantitative estimate of drug-likeness (QED) is 0.390. The number of nitrogens with one attached hydrogen (secondary N) is 3. The maximum atomic E-state index is 11.9. The van der Waals surface area contributed by atoms with Crippen LogP contribution in [0.3, 0.4) is 0 Å². The Morgan fingerprint density at radius 2 is 1.19 bits per heavy atom. The van der Waals surface area contributed by atoms with Crippen molar-refractivity contribution in [3.63, 3.8) is 0 Å². The number of H-pyrrole nitrogens is 3. The number of nitrogens with zero attached hydrogens (tertiary/aromatic N) is 3. The van der Waals surface area contributed by atoms with Gasteiger partial charge in [0, 0.05) is 24.4 Å². The first-order valence-electron chi connectivity index (χ1n) is 7.70. The summed E-state index contributed by atoms with van der Waals surface area (Å²) in [6.07, 6.45) is 2.88. The largest absolute Gasteiger partial charge is 0.340 e. The van der Waals surface area contributed by atoms with Crippen molar-refractivity contribution >= 4 is 17.1 Å². The molecule has 0 amide bonds.